The van der Waals surface area contributed by atoms with Crippen LogP contribution in [0.1, 0.15) is 11.7 Å². The van der Waals surface area contributed by atoms with Gasteiger partial charge in [-0.25, -0.2) is 4.39 Å². The zero-order chi connectivity index (χ0) is 10.8. The molecule has 1 atom stereocenters. The first-order valence-corrected chi connectivity index (χ1v) is 5.48. The molecule has 15 heavy (non-hydrogen) atoms. The van der Waals surface area contributed by atoms with Crippen LogP contribution >= 0.6 is 15.9 Å². The van der Waals surface area contributed by atoms with Gasteiger partial charge >= 0.3 is 0 Å². The Kier molecular flexibility index (Phi) is 3.23. The van der Waals surface area contributed by atoms with E-state index in [0.717, 1.165) is 6.54 Å². The van der Waals surface area contributed by atoms with Crippen molar-refractivity contribution in [1.82, 2.24) is 5.32 Å². The van der Waals surface area contributed by atoms with Crippen LogP contribution in [0.2, 0.25) is 0 Å². The topological polar surface area (TPSA) is 41.5 Å². The van der Waals surface area contributed by atoms with Gasteiger partial charge in [0.25, 0.3) is 0 Å². The molecular formula is C10H11BrFNO2. The molecule has 3 nitrogen and oxygen atoms in total. The fraction of sp³-hybridized carbons (Fsp3) is 0.400. The smallest absolute Gasteiger partial charge is 0.141 e. The van der Waals surface area contributed by atoms with E-state index in [-0.39, 0.29) is 16.3 Å². The zero-order valence-electron chi connectivity index (χ0n) is 7.96. The molecule has 2 rings (SSSR count). The minimum Gasteiger partial charge on any atom is -0.507 e. The summed E-state index contributed by atoms with van der Waals surface area (Å²) in [4.78, 5) is 0. The van der Waals surface area contributed by atoms with Crippen LogP contribution in [-0.2, 0) is 4.74 Å². The molecule has 82 valence electrons. The van der Waals surface area contributed by atoms with Crippen molar-refractivity contribution in [2.75, 3.05) is 19.7 Å². The quantitative estimate of drug-likeness (QED) is 0.823. The molecule has 1 saturated heterocycles. The number of morpholine rings is 1. The molecule has 1 fully saturated rings. The molecule has 0 aliphatic carbocycles. The Balaban J connectivity index is 2.27. The second-order valence-corrected chi connectivity index (χ2v) is 4.19. The summed E-state index contributed by atoms with van der Waals surface area (Å²) in [6.45, 7) is 2.05. The highest BCUT2D eigenvalue weighted by atomic mass is 79.9. The predicted molar refractivity (Wildman–Crippen MR) is 57.3 cm³/mol. The van der Waals surface area contributed by atoms with E-state index in [1.807, 2.05) is 0 Å². The lowest BCUT2D eigenvalue weighted by atomic mass is 10.1. The number of ether oxygens (including phenoxy) is 1. The highest BCUT2D eigenvalue weighted by molar-refractivity contribution is 9.10. The van der Waals surface area contributed by atoms with E-state index in [1.165, 1.54) is 12.1 Å². The molecule has 1 aromatic rings. The van der Waals surface area contributed by atoms with Crippen molar-refractivity contribution in [3.05, 3.63) is 28.0 Å². The van der Waals surface area contributed by atoms with Crippen LogP contribution in [0.4, 0.5) is 4.39 Å². The van der Waals surface area contributed by atoms with Crippen molar-refractivity contribution in [3.63, 3.8) is 0 Å². The van der Waals surface area contributed by atoms with Gasteiger partial charge in [-0.15, -0.1) is 0 Å². The average Bonchev–Trinajstić information content (AvgIpc) is 2.26. The standard InChI is InChI=1S/C10H11BrFNO2/c11-10-7(12)3-6(4-8(10)14)9-5-13-1-2-15-9/h3-4,9,13-14H,1-2,5H2. The third-order valence-electron chi connectivity index (χ3n) is 2.33. The zero-order valence-corrected chi connectivity index (χ0v) is 9.55. The maximum absolute atomic E-state index is 13.3. The van der Waals surface area contributed by atoms with Crippen LogP contribution in [0.5, 0.6) is 5.75 Å². The van der Waals surface area contributed by atoms with E-state index in [4.69, 9.17) is 4.74 Å². The minimum absolute atomic E-state index is 0.0926. The molecule has 0 spiro atoms. The maximum atomic E-state index is 13.3. The summed E-state index contributed by atoms with van der Waals surface area (Å²) in [5.74, 6) is -0.571. The molecule has 0 bridgehead atoms. The summed E-state index contributed by atoms with van der Waals surface area (Å²) in [5.41, 5.74) is 0.653. The first kappa shape index (κ1) is 10.9. The normalized spacial score (nSPS) is 21.6. The number of halogens is 2. The fourth-order valence-electron chi connectivity index (χ4n) is 1.56. The Morgan fingerprint density at radius 3 is 2.93 bits per heavy atom. The van der Waals surface area contributed by atoms with Crippen LogP contribution in [0.15, 0.2) is 16.6 Å². The number of phenols is 1. The Labute approximate surface area is 95.4 Å². The monoisotopic (exact) mass is 275 g/mol. The van der Waals surface area contributed by atoms with Gasteiger partial charge in [0.15, 0.2) is 0 Å². The number of hydrogen-bond acceptors (Lipinski definition) is 3. The molecule has 1 aliphatic rings. The van der Waals surface area contributed by atoms with Crippen molar-refractivity contribution in [2.24, 2.45) is 0 Å². The van der Waals surface area contributed by atoms with Crippen molar-refractivity contribution in [2.45, 2.75) is 6.10 Å². The number of nitrogens with one attached hydrogen (secondary N) is 1. The average molecular weight is 276 g/mol. The molecule has 0 aromatic heterocycles. The van der Waals surface area contributed by atoms with Gasteiger partial charge in [-0.05, 0) is 33.6 Å². The van der Waals surface area contributed by atoms with Crippen LogP contribution in [0.25, 0.3) is 0 Å². The van der Waals surface area contributed by atoms with Crippen LogP contribution in [-0.4, -0.2) is 24.8 Å². The summed E-state index contributed by atoms with van der Waals surface area (Å²) in [6.07, 6.45) is -0.188. The molecule has 1 aromatic carbocycles. The molecule has 1 aliphatic heterocycles. The van der Waals surface area contributed by atoms with E-state index in [0.29, 0.717) is 18.7 Å². The molecule has 0 amide bonds. The summed E-state index contributed by atoms with van der Waals surface area (Å²) < 4.78 is 18.9. The summed E-state index contributed by atoms with van der Waals surface area (Å²) in [6, 6.07) is 2.90. The Hall–Kier alpha value is -0.650. The number of phenolic OH excluding ortho intramolecular Hbond substituents is 1. The maximum Gasteiger partial charge on any atom is 0.141 e. The van der Waals surface area contributed by atoms with Gasteiger partial charge < -0.3 is 15.2 Å². The molecule has 5 heteroatoms. The molecule has 2 N–H and O–H groups in total. The first-order valence-electron chi connectivity index (χ1n) is 4.68. The van der Waals surface area contributed by atoms with Crippen LogP contribution in [0.3, 0.4) is 0 Å². The number of rotatable bonds is 1. The largest absolute Gasteiger partial charge is 0.507 e. The Bertz CT molecular complexity index is 343. The van der Waals surface area contributed by atoms with E-state index >= 15 is 0 Å². The third-order valence-corrected chi connectivity index (χ3v) is 3.12. The van der Waals surface area contributed by atoms with E-state index in [2.05, 4.69) is 21.2 Å². The highest BCUT2D eigenvalue weighted by Crippen LogP contribution is 2.31. The van der Waals surface area contributed by atoms with Crippen molar-refractivity contribution in [1.29, 1.82) is 0 Å². The molecule has 0 saturated carbocycles. The van der Waals surface area contributed by atoms with Gasteiger partial charge in [0.1, 0.15) is 11.6 Å². The van der Waals surface area contributed by atoms with Crippen molar-refractivity contribution >= 4 is 15.9 Å². The molecule has 0 radical (unpaired) electrons. The second kappa shape index (κ2) is 4.47. The SMILES string of the molecule is Oc1cc(C2CNCCO2)cc(F)c1Br. The number of hydrogen-bond donors (Lipinski definition) is 2. The summed E-state index contributed by atoms with van der Waals surface area (Å²) >= 11 is 2.96. The highest BCUT2D eigenvalue weighted by Gasteiger charge is 2.18. The van der Waals surface area contributed by atoms with Gasteiger partial charge in [-0.3, -0.25) is 0 Å². The second-order valence-electron chi connectivity index (χ2n) is 3.40. The lowest BCUT2D eigenvalue weighted by Gasteiger charge is -2.24. The summed E-state index contributed by atoms with van der Waals surface area (Å²) in [5, 5.41) is 12.6. The first-order chi connectivity index (χ1) is 7.18. The Morgan fingerprint density at radius 2 is 2.33 bits per heavy atom. The Morgan fingerprint density at radius 1 is 1.53 bits per heavy atom. The van der Waals surface area contributed by atoms with Crippen LogP contribution in [0, 0.1) is 5.82 Å². The van der Waals surface area contributed by atoms with E-state index in [1.54, 1.807) is 0 Å². The summed E-state index contributed by atoms with van der Waals surface area (Å²) in [7, 11) is 0. The van der Waals surface area contributed by atoms with Gasteiger partial charge in [0.05, 0.1) is 17.2 Å². The van der Waals surface area contributed by atoms with Crippen molar-refractivity contribution < 1.29 is 14.2 Å². The lowest BCUT2D eigenvalue weighted by Crippen LogP contribution is -2.33. The van der Waals surface area contributed by atoms with E-state index < -0.39 is 5.82 Å². The van der Waals surface area contributed by atoms with Gasteiger partial charge in [-0.2, -0.15) is 0 Å². The lowest BCUT2D eigenvalue weighted by molar-refractivity contribution is 0.0274. The van der Waals surface area contributed by atoms with Crippen molar-refractivity contribution in [3.8, 4) is 5.75 Å². The third kappa shape index (κ3) is 2.30. The van der Waals surface area contributed by atoms with Crippen LogP contribution < -0.4 is 5.32 Å². The van der Waals surface area contributed by atoms with Gasteiger partial charge in [0, 0.05) is 13.1 Å². The minimum atomic E-state index is -0.473. The number of benzene rings is 1. The van der Waals surface area contributed by atoms with E-state index in [9.17, 15) is 9.50 Å². The predicted octanol–water partition coefficient (Wildman–Crippen LogP) is 1.95. The molecule has 1 unspecified atom stereocenters. The fourth-order valence-corrected chi connectivity index (χ4v) is 1.79. The van der Waals surface area contributed by atoms with Gasteiger partial charge in [0.2, 0.25) is 0 Å². The molecular weight excluding hydrogens is 265 g/mol. The number of aromatic hydroxyl groups is 1. The van der Waals surface area contributed by atoms with Gasteiger partial charge in [-0.1, -0.05) is 0 Å². The molecule has 1 heterocycles.